The maximum absolute atomic E-state index is 14.3. The summed E-state index contributed by atoms with van der Waals surface area (Å²) >= 11 is 0. The van der Waals surface area contributed by atoms with Crippen LogP contribution in [0.25, 0.3) is 0 Å². The Morgan fingerprint density at radius 2 is 0.883 bits per heavy atom. The zero-order chi connectivity index (χ0) is 103. The minimum Gasteiger partial charge on any atom is -0.456 e. The number of esters is 4. The zero-order valence-corrected chi connectivity index (χ0v) is 83.5. The molecule has 0 fully saturated rings. The van der Waals surface area contributed by atoms with E-state index in [-0.39, 0.29) is 92.5 Å². The highest BCUT2D eigenvalue weighted by molar-refractivity contribution is 5.99. The van der Waals surface area contributed by atoms with Crippen molar-refractivity contribution in [2.75, 3.05) is 54.4 Å². The van der Waals surface area contributed by atoms with Crippen molar-refractivity contribution < 1.29 is 120 Å². The third kappa shape index (κ3) is 37.3. The fraction of sp³-hybridized carbons (Fsp3) is 0.576. The number of hydrogen-bond acceptors (Lipinski definition) is 26. The molecule has 0 saturated heterocycles. The molecule has 2 aliphatic heterocycles. The van der Waals surface area contributed by atoms with E-state index in [0.717, 1.165) is 27.5 Å². The second-order valence-corrected chi connectivity index (χ2v) is 36.0. The van der Waals surface area contributed by atoms with Gasteiger partial charge < -0.3 is 95.1 Å². The number of carbonyl (C=O) groups is 16. The van der Waals surface area contributed by atoms with Gasteiger partial charge in [-0.1, -0.05) is 167 Å². The van der Waals surface area contributed by atoms with E-state index in [1.165, 1.54) is 104 Å². The third-order valence-electron chi connectivity index (χ3n) is 24.0. The van der Waals surface area contributed by atoms with Gasteiger partial charge in [0.2, 0.25) is 47.3 Å². The molecule has 2 aliphatic rings. The molecular weight excluding hydrogens is 1770 g/mol. The van der Waals surface area contributed by atoms with Gasteiger partial charge in [0.1, 0.15) is 78.5 Å². The quantitative estimate of drug-likeness (QED) is 0.00939. The number of hydrogen-bond donors (Lipinski definition) is 8. The minimum absolute atomic E-state index is 0.00312. The maximum Gasteiger partial charge on any atom is 0.514 e. The lowest BCUT2D eigenvalue weighted by Gasteiger charge is -2.33. The van der Waals surface area contributed by atoms with Crippen LogP contribution in [0.4, 0.5) is 15.3 Å². The summed E-state index contributed by atoms with van der Waals surface area (Å²) in [5.41, 5.74) is 2.37. The van der Waals surface area contributed by atoms with E-state index in [2.05, 4.69) is 37.2 Å². The minimum atomic E-state index is -1.37. The van der Waals surface area contributed by atoms with E-state index in [0.29, 0.717) is 29.6 Å². The van der Waals surface area contributed by atoms with E-state index in [1.54, 1.807) is 128 Å². The summed E-state index contributed by atoms with van der Waals surface area (Å²) in [6, 6.07) is 13.1. The van der Waals surface area contributed by atoms with Crippen LogP contribution in [0, 0.1) is 45.6 Å². The van der Waals surface area contributed by atoms with Gasteiger partial charge in [-0.15, -0.1) is 0 Å². The highest BCUT2D eigenvalue weighted by atomic mass is 16.7. The number of non-ortho nitro benzene ring substituents is 1. The second kappa shape index (κ2) is 57.2. The molecule has 756 valence electrons. The van der Waals surface area contributed by atoms with Gasteiger partial charge in [0.25, 0.3) is 17.5 Å². The van der Waals surface area contributed by atoms with E-state index in [1.807, 2.05) is 41.5 Å². The molecule has 2 unspecified atom stereocenters. The van der Waals surface area contributed by atoms with Crippen molar-refractivity contribution in [2.45, 2.75) is 281 Å². The zero-order valence-electron chi connectivity index (χ0n) is 83.5. The molecule has 38 nitrogen and oxygen atoms in total. The fourth-order valence-corrected chi connectivity index (χ4v) is 14.7. The predicted octanol–water partition coefficient (Wildman–Crippen LogP) is 8.72. The summed E-state index contributed by atoms with van der Waals surface area (Å²) in [6.45, 7) is 32.1. The van der Waals surface area contributed by atoms with Crippen LogP contribution in [0.15, 0.2) is 132 Å². The smallest absolute Gasteiger partial charge is 0.456 e. The first-order chi connectivity index (χ1) is 64.4. The van der Waals surface area contributed by atoms with Crippen LogP contribution >= 0.6 is 0 Å². The molecule has 38 heteroatoms. The summed E-state index contributed by atoms with van der Waals surface area (Å²) in [7, 11) is 5.62. The molecule has 0 aliphatic carbocycles. The van der Waals surface area contributed by atoms with Gasteiger partial charge in [0.05, 0.1) is 18.0 Å². The van der Waals surface area contributed by atoms with Crippen LogP contribution in [-0.4, -0.2) is 264 Å². The molecule has 0 spiro atoms. The van der Waals surface area contributed by atoms with Crippen molar-refractivity contribution in [3.63, 3.8) is 0 Å². The van der Waals surface area contributed by atoms with Gasteiger partial charge in [-0.2, -0.15) is 0 Å². The Kier molecular flexibility index (Phi) is 48.6. The van der Waals surface area contributed by atoms with Crippen LogP contribution in [0.2, 0.25) is 0 Å². The summed E-state index contributed by atoms with van der Waals surface area (Å²) < 4.78 is 40.5. The maximum atomic E-state index is 14.3. The van der Waals surface area contributed by atoms with E-state index in [9.17, 15) is 91.9 Å². The van der Waals surface area contributed by atoms with Crippen molar-refractivity contribution in [3.05, 3.63) is 153 Å². The number of ether oxygens (including phenoxy) is 7. The molecule has 2 heterocycles. The number of aliphatic hydroxyl groups excluding tert-OH is 1. The fourth-order valence-electron chi connectivity index (χ4n) is 14.7. The number of rotatable bonds is 21. The number of likely N-dealkylation sites (N-methyl/N-ethyl adjacent to an activating group) is 4. The molecule has 11 amide bonds. The van der Waals surface area contributed by atoms with Gasteiger partial charge in [-0.25, -0.2) is 28.8 Å². The molecule has 137 heavy (non-hydrogen) atoms. The van der Waals surface area contributed by atoms with Gasteiger partial charge >= 0.3 is 36.1 Å². The number of alkyl carbamates (subject to hydrolysis) is 1. The van der Waals surface area contributed by atoms with Crippen LogP contribution in [0.3, 0.4) is 0 Å². The summed E-state index contributed by atoms with van der Waals surface area (Å²) in [5.74, 6) is -13.0. The number of nitro benzene ring substituents is 1. The molecule has 18 atom stereocenters. The van der Waals surface area contributed by atoms with Gasteiger partial charge in [0, 0.05) is 102 Å². The molecular formula is C99H144N12O26. The lowest BCUT2D eigenvalue weighted by molar-refractivity contribution is -0.384. The van der Waals surface area contributed by atoms with Gasteiger partial charge in [-0.05, 0) is 147 Å². The predicted molar refractivity (Wildman–Crippen MR) is 508 cm³/mol. The number of amides is 11. The number of cyclic esters (lactones) is 4. The standard InChI is InChI=1S/C51H70N6O14.C48H74N6O12/c1-13-30(5)43-46(60)53-35(10)50(64)71-44(31(6)14-2)33(8)40(70-51(65)68-38-23-21-37(22-24-38)57(66)67)25-20-32(7)49(63)69-41(26-29(3)4)45(59)52-34(9)47(61)56(12)39(27-36-18-16-15-17-19-36)48(62)55(11)28-42(58)54-43;1-13-29(5)40-43(58)51-34(10)47(62)66-41(30(6)14-2)32(8)37(65-48(63)49-23-18-24-55)22-21-31(7)46(61)64-38(25-28(3)4)42(57)50-33(9)44(59)54(12)36(26-35-19-16-15-17-20-35)45(60)53(11)27-39(56)52-40/h14-24,29-30,33-35,39-41,43-44H,13,25-28H2,1-12H3,(H,52,59)(H,53,60)(H,54,58);14-17,19-21,28-29,32-34,36-38,40-41,55H,13,18,22-27H2,1-12H3,(H,49,63)(H,50,57)(H,51,58)(H,52,56)/b31-14+,32-20+;30-14+,31-21+/t30?,33-,34-,35+,39+,40-,41+,43-,44+;29?,32-,33-,34+,36+,37-,38+,40-,41+/m00/s1. The highest BCUT2D eigenvalue weighted by Gasteiger charge is 2.42. The highest BCUT2D eigenvalue weighted by Crippen LogP contribution is 2.30. The number of aliphatic hydroxyl groups is 1. The lowest BCUT2D eigenvalue weighted by atomic mass is 9.90. The Bertz CT molecular complexity index is 4750. The van der Waals surface area contributed by atoms with Gasteiger partial charge in [0.15, 0.2) is 12.2 Å². The normalized spacial score (nSPS) is 26.2. The first-order valence-corrected chi connectivity index (χ1v) is 46.5. The molecule has 3 aromatic rings. The van der Waals surface area contributed by atoms with Crippen molar-refractivity contribution in [2.24, 2.45) is 35.5 Å². The molecule has 3 aromatic carbocycles. The Labute approximate surface area is 803 Å². The van der Waals surface area contributed by atoms with E-state index < -0.39 is 222 Å². The molecule has 8 N–H and O–H groups in total. The molecule has 0 aromatic heterocycles. The Balaban J connectivity index is 0.000000574. The van der Waals surface area contributed by atoms with Crippen LogP contribution in [0.1, 0.15) is 195 Å². The first-order valence-electron chi connectivity index (χ1n) is 46.5. The average Bonchev–Trinajstić information content (AvgIpc) is 0.830. The van der Waals surface area contributed by atoms with Crippen LogP contribution < -0.4 is 42.0 Å². The molecule has 5 rings (SSSR count). The van der Waals surface area contributed by atoms with E-state index in [4.69, 9.17) is 33.2 Å². The van der Waals surface area contributed by atoms with E-state index >= 15 is 0 Å². The first kappa shape index (κ1) is 116. The number of nitro groups is 1. The largest absolute Gasteiger partial charge is 0.514 e. The molecule has 0 bridgehead atoms. The van der Waals surface area contributed by atoms with Crippen LogP contribution in [-0.2, 0) is 108 Å². The average molecular weight is 1920 g/mol. The Morgan fingerprint density at radius 1 is 0.518 bits per heavy atom. The topological polar surface area (TPSA) is 498 Å². The summed E-state index contributed by atoms with van der Waals surface area (Å²) in [5, 5.41) is 39.0. The monoisotopic (exact) mass is 1920 g/mol. The number of allylic oxidation sites excluding steroid dienone is 2. The van der Waals surface area contributed by atoms with Crippen LogP contribution in [0.5, 0.6) is 5.75 Å². The second-order valence-electron chi connectivity index (χ2n) is 36.0. The number of benzene rings is 3. The number of nitrogens with zero attached hydrogens (tertiary/aromatic N) is 5. The third-order valence-corrected chi connectivity index (χ3v) is 24.0. The SMILES string of the molecule is C/C=C(\C)[C@H]1OC(=O)[C@@H](C)NC(=O)[C@H](C(C)CC)NC(=O)CN(C)C(=O)[C@@H](Cc2ccccc2)N(C)C(=O)[C@H](C)NC(=O)[C@@H](CC(C)C)OC(=O)/C(C)=C/C[C@H](OC(=O)NCCCO)[C@@H]1C.C/C=C(\C)[C@H]1OC(=O)[C@@H](C)NC(=O)[C@H](C(C)CC)NC(=O)CN(C)C(=O)[C@@H](Cc2ccccc2)N(C)C(=O)[C@H](C)NC(=O)[C@@H](CC(C)C)OC(=O)/C(C)=C/C[C@H](OC(=O)Oc2ccc([N+](=O)[O-])cc2)[C@@H]1C. The van der Waals surface area contributed by atoms with Crippen molar-refractivity contribution >= 4 is 101 Å². The van der Waals surface area contributed by atoms with Crippen molar-refractivity contribution in [3.8, 4) is 5.75 Å². The van der Waals surface area contributed by atoms with Gasteiger partial charge in [-0.3, -0.25) is 58.1 Å². The Hall–Kier alpha value is -12.9. The number of carbonyl (C=O) groups excluding carboxylic acids is 16. The summed E-state index contributed by atoms with van der Waals surface area (Å²) in [4.78, 5) is 236. The van der Waals surface area contributed by atoms with Crippen molar-refractivity contribution in [1.29, 1.82) is 0 Å². The van der Waals surface area contributed by atoms with Crippen molar-refractivity contribution in [1.82, 2.24) is 56.8 Å². The summed E-state index contributed by atoms with van der Waals surface area (Å²) in [6.07, 6.45) is -1.58. The molecule has 0 radical (unpaired) electrons. The Morgan fingerprint density at radius 3 is 1.23 bits per heavy atom. The molecule has 0 saturated carbocycles. The lowest BCUT2D eigenvalue weighted by Crippen LogP contribution is -2.57. The number of nitrogens with one attached hydrogen (secondary N) is 7.